The van der Waals surface area contributed by atoms with Crippen LogP contribution in [-0.2, 0) is 0 Å². The second-order valence-corrected chi connectivity index (χ2v) is 3.85. The minimum Gasteiger partial charge on any atom is -0.497 e. The van der Waals surface area contributed by atoms with Gasteiger partial charge in [0, 0.05) is 12.1 Å². The van der Waals surface area contributed by atoms with Crippen molar-refractivity contribution in [1.82, 2.24) is 4.48 Å². The van der Waals surface area contributed by atoms with E-state index in [1.54, 1.807) is 7.11 Å². The number of rotatable bonds is 4. The maximum Gasteiger partial charge on any atom is 0.132 e. The van der Waals surface area contributed by atoms with E-state index in [4.69, 9.17) is 4.74 Å². The zero-order valence-corrected chi connectivity index (χ0v) is 9.16. The zero-order valence-electron chi connectivity index (χ0n) is 9.16. The molecule has 0 saturated carbocycles. The molecular weight excluding hydrogens is 174 g/mol. The first-order chi connectivity index (χ1) is 6.60. The first-order valence-corrected chi connectivity index (χ1v) is 4.68. The molecule has 2 heteroatoms. The monoisotopic (exact) mass is 192 g/mol. The summed E-state index contributed by atoms with van der Waals surface area (Å²) in [6.07, 6.45) is 1.93. The standard InChI is InChI=1S/C12H18NO/c1-5-10-13(2,3)11-6-8-12(14-4)9-7-11/h5-9H,1,10H2,2-4H3/q+1. The van der Waals surface area contributed by atoms with Crippen molar-refractivity contribution >= 4 is 5.69 Å². The Bertz CT molecular complexity index is 301. The third-order valence-corrected chi connectivity index (χ3v) is 2.36. The van der Waals surface area contributed by atoms with Crippen LogP contribution < -0.4 is 9.22 Å². The van der Waals surface area contributed by atoms with E-state index in [1.807, 2.05) is 18.2 Å². The second kappa shape index (κ2) is 4.29. The molecule has 0 radical (unpaired) electrons. The molecule has 0 saturated heterocycles. The average molecular weight is 192 g/mol. The highest BCUT2D eigenvalue weighted by atomic mass is 16.5. The fourth-order valence-corrected chi connectivity index (χ4v) is 1.41. The summed E-state index contributed by atoms with van der Waals surface area (Å²) in [4.78, 5) is 0. The molecule has 76 valence electrons. The Kier molecular flexibility index (Phi) is 3.31. The van der Waals surface area contributed by atoms with Crippen LogP contribution in [0.25, 0.3) is 0 Å². The highest BCUT2D eigenvalue weighted by Gasteiger charge is 2.16. The fraction of sp³-hybridized carbons (Fsp3) is 0.333. The molecule has 0 amide bonds. The van der Waals surface area contributed by atoms with Gasteiger partial charge in [0.1, 0.15) is 18.0 Å². The Morgan fingerprint density at radius 3 is 2.29 bits per heavy atom. The lowest BCUT2D eigenvalue weighted by atomic mass is 10.2. The lowest BCUT2D eigenvalue weighted by Crippen LogP contribution is -2.40. The van der Waals surface area contributed by atoms with Gasteiger partial charge in [-0.2, -0.15) is 0 Å². The van der Waals surface area contributed by atoms with Gasteiger partial charge in [0.25, 0.3) is 0 Å². The number of methoxy groups -OCH3 is 1. The summed E-state index contributed by atoms with van der Waals surface area (Å²) >= 11 is 0. The van der Waals surface area contributed by atoms with Crippen molar-refractivity contribution < 1.29 is 4.74 Å². The van der Waals surface area contributed by atoms with Gasteiger partial charge >= 0.3 is 0 Å². The number of likely N-dealkylation sites (N-methyl/N-ethyl adjacent to an activating group) is 1. The van der Waals surface area contributed by atoms with Gasteiger partial charge in [0.15, 0.2) is 0 Å². The first-order valence-electron chi connectivity index (χ1n) is 4.68. The number of hydrogen-bond acceptors (Lipinski definition) is 1. The van der Waals surface area contributed by atoms with Crippen LogP contribution in [0.2, 0.25) is 0 Å². The van der Waals surface area contributed by atoms with Crippen molar-refractivity contribution in [2.24, 2.45) is 0 Å². The Labute approximate surface area is 86.0 Å². The van der Waals surface area contributed by atoms with Crippen molar-refractivity contribution in [2.75, 3.05) is 27.7 Å². The van der Waals surface area contributed by atoms with Crippen molar-refractivity contribution in [2.45, 2.75) is 0 Å². The minimum absolute atomic E-state index is 0.813. The van der Waals surface area contributed by atoms with Gasteiger partial charge in [-0.25, -0.2) is 0 Å². The van der Waals surface area contributed by atoms with Gasteiger partial charge in [-0.3, -0.25) is 4.48 Å². The molecule has 1 rings (SSSR count). The van der Waals surface area contributed by atoms with Crippen molar-refractivity contribution in [1.29, 1.82) is 0 Å². The quantitative estimate of drug-likeness (QED) is 0.526. The van der Waals surface area contributed by atoms with Crippen molar-refractivity contribution in [3.05, 3.63) is 36.9 Å². The highest BCUT2D eigenvalue weighted by Crippen LogP contribution is 2.22. The number of hydrogen-bond donors (Lipinski definition) is 0. The molecule has 0 aliphatic carbocycles. The van der Waals surface area contributed by atoms with Gasteiger partial charge in [-0.05, 0) is 18.2 Å². The van der Waals surface area contributed by atoms with Crippen LogP contribution in [0, 0.1) is 0 Å². The molecular formula is C12H18NO+. The molecule has 0 unspecified atom stereocenters. The summed E-state index contributed by atoms with van der Waals surface area (Å²) in [6, 6.07) is 8.14. The molecule has 14 heavy (non-hydrogen) atoms. The van der Waals surface area contributed by atoms with Crippen molar-refractivity contribution in [3.8, 4) is 5.75 Å². The molecule has 0 fully saturated rings. The van der Waals surface area contributed by atoms with E-state index in [0.717, 1.165) is 16.8 Å². The van der Waals surface area contributed by atoms with E-state index in [2.05, 4.69) is 32.8 Å². The maximum atomic E-state index is 5.11. The summed E-state index contributed by atoms with van der Waals surface area (Å²) < 4.78 is 5.93. The summed E-state index contributed by atoms with van der Waals surface area (Å²) in [5, 5.41) is 0. The Balaban J connectivity index is 2.90. The van der Waals surface area contributed by atoms with E-state index in [0.29, 0.717) is 0 Å². The molecule has 0 N–H and O–H groups in total. The molecule has 1 aromatic carbocycles. The van der Waals surface area contributed by atoms with Crippen LogP contribution in [0.4, 0.5) is 5.69 Å². The predicted octanol–water partition coefficient (Wildman–Crippen LogP) is 2.45. The molecule has 0 heterocycles. The minimum atomic E-state index is 0.813. The summed E-state index contributed by atoms with van der Waals surface area (Å²) in [6.45, 7) is 4.69. The van der Waals surface area contributed by atoms with Gasteiger partial charge in [0.05, 0.1) is 21.2 Å². The molecule has 0 bridgehead atoms. The largest absolute Gasteiger partial charge is 0.497 e. The van der Waals surface area contributed by atoms with Gasteiger partial charge in [0.2, 0.25) is 0 Å². The SMILES string of the molecule is C=CC[N+](C)(C)c1ccc(OC)cc1. The van der Waals surface area contributed by atoms with Gasteiger partial charge in [-0.15, -0.1) is 0 Å². The first kappa shape index (κ1) is 10.8. The van der Waals surface area contributed by atoms with Crippen LogP contribution >= 0.6 is 0 Å². The number of quaternary nitrogens is 1. The van der Waals surface area contributed by atoms with Crippen LogP contribution in [0.1, 0.15) is 0 Å². The molecule has 0 aromatic heterocycles. The second-order valence-electron chi connectivity index (χ2n) is 3.85. The third-order valence-electron chi connectivity index (χ3n) is 2.36. The lowest BCUT2D eigenvalue weighted by molar-refractivity contribution is 0.412. The van der Waals surface area contributed by atoms with E-state index in [-0.39, 0.29) is 0 Å². The Morgan fingerprint density at radius 2 is 1.86 bits per heavy atom. The number of ether oxygens (including phenoxy) is 1. The summed E-state index contributed by atoms with van der Waals surface area (Å²) in [5.74, 6) is 0.896. The molecule has 0 atom stereocenters. The third kappa shape index (κ3) is 2.36. The van der Waals surface area contributed by atoms with E-state index in [9.17, 15) is 0 Å². The van der Waals surface area contributed by atoms with Crippen molar-refractivity contribution in [3.63, 3.8) is 0 Å². The molecule has 0 aliphatic rings. The maximum absolute atomic E-state index is 5.11. The van der Waals surface area contributed by atoms with E-state index < -0.39 is 0 Å². The smallest absolute Gasteiger partial charge is 0.132 e. The Morgan fingerprint density at radius 1 is 1.29 bits per heavy atom. The number of benzene rings is 1. The lowest BCUT2D eigenvalue weighted by Gasteiger charge is -2.27. The summed E-state index contributed by atoms with van der Waals surface area (Å²) in [5.41, 5.74) is 1.26. The molecule has 0 aliphatic heterocycles. The van der Waals surface area contributed by atoms with Crippen LogP contribution in [-0.4, -0.2) is 27.7 Å². The van der Waals surface area contributed by atoms with E-state index >= 15 is 0 Å². The molecule has 2 nitrogen and oxygen atoms in total. The molecule has 1 aromatic rings. The van der Waals surface area contributed by atoms with Gasteiger partial charge in [-0.1, -0.05) is 6.58 Å². The predicted molar refractivity (Wildman–Crippen MR) is 61.7 cm³/mol. The normalized spacial score (nSPS) is 11.1. The fourth-order valence-electron chi connectivity index (χ4n) is 1.41. The molecule has 0 spiro atoms. The van der Waals surface area contributed by atoms with Gasteiger partial charge < -0.3 is 4.74 Å². The van der Waals surface area contributed by atoms with Crippen LogP contribution in [0.15, 0.2) is 36.9 Å². The average Bonchev–Trinajstić information content (AvgIpc) is 2.18. The highest BCUT2D eigenvalue weighted by molar-refractivity contribution is 5.45. The van der Waals surface area contributed by atoms with Crippen LogP contribution in [0.3, 0.4) is 0 Å². The van der Waals surface area contributed by atoms with E-state index in [1.165, 1.54) is 5.69 Å². The topological polar surface area (TPSA) is 9.23 Å². The Hall–Kier alpha value is -1.28. The zero-order chi connectivity index (χ0) is 10.6. The van der Waals surface area contributed by atoms with Crippen LogP contribution in [0.5, 0.6) is 5.75 Å². The number of nitrogens with zero attached hydrogens (tertiary/aromatic N) is 1. The summed E-state index contributed by atoms with van der Waals surface area (Å²) in [7, 11) is 5.99.